The van der Waals surface area contributed by atoms with Crippen LogP contribution in [0, 0.1) is 0 Å². The van der Waals surface area contributed by atoms with E-state index in [1.54, 1.807) is 16.4 Å². The Hall–Kier alpha value is -0.910. The summed E-state index contributed by atoms with van der Waals surface area (Å²) in [7, 11) is -1.29. The summed E-state index contributed by atoms with van der Waals surface area (Å²) in [6.45, 7) is 4.81. The molecule has 5 heteroatoms. The van der Waals surface area contributed by atoms with Crippen LogP contribution in [-0.2, 0) is 16.4 Å². The van der Waals surface area contributed by atoms with Crippen molar-refractivity contribution in [1.29, 1.82) is 0 Å². The maximum absolute atomic E-state index is 12.4. The summed E-state index contributed by atoms with van der Waals surface area (Å²) in [6.07, 6.45) is 0.925. The van der Waals surface area contributed by atoms with Gasteiger partial charge in [-0.2, -0.15) is 4.31 Å². The van der Waals surface area contributed by atoms with Gasteiger partial charge in [-0.1, -0.05) is 19.1 Å². The van der Waals surface area contributed by atoms with E-state index in [0.717, 1.165) is 25.1 Å². The Bertz CT molecular complexity index is 488. The summed E-state index contributed by atoms with van der Waals surface area (Å²) >= 11 is 0. The summed E-state index contributed by atoms with van der Waals surface area (Å²) < 4.78 is 26.4. The van der Waals surface area contributed by atoms with Gasteiger partial charge in [0.05, 0.1) is 4.90 Å². The molecule has 2 rings (SSSR count). The standard InChI is InChI=1S/C13H20N2O2S/c1-3-12-4-6-13(7-5-12)18(16,17)15-10-8-14(2)9-11-15/h4-7H,3,8-11H2,1-2H3. The molecule has 18 heavy (non-hydrogen) atoms. The van der Waals surface area contributed by atoms with E-state index in [1.807, 2.05) is 19.2 Å². The van der Waals surface area contributed by atoms with Crippen molar-refractivity contribution in [3.63, 3.8) is 0 Å². The number of hydrogen-bond acceptors (Lipinski definition) is 3. The maximum Gasteiger partial charge on any atom is 0.243 e. The maximum atomic E-state index is 12.4. The summed E-state index contributed by atoms with van der Waals surface area (Å²) in [6, 6.07) is 7.21. The van der Waals surface area contributed by atoms with E-state index in [0.29, 0.717) is 18.0 Å². The fourth-order valence-electron chi connectivity index (χ4n) is 2.07. The Labute approximate surface area is 109 Å². The van der Waals surface area contributed by atoms with E-state index < -0.39 is 10.0 Å². The molecule has 0 atom stereocenters. The molecule has 0 unspecified atom stereocenters. The van der Waals surface area contributed by atoms with E-state index >= 15 is 0 Å². The Morgan fingerprint density at radius 1 is 1.06 bits per heavy atom. The van der Waals surface area contributed by atoms with E-state index in [4.69, 9.17) is 0 Å². The summed E-state index contributed by atoms with van der Waals surface area (Å²) in [5.41, 5.74) is 1.16. The number of likely N-dealkylation sites (N-methyl/N-ethyl adjacent to an activating group) is 1. The lowest BCUT2D eigenvalue weighted by molar-refractivity contribution is 0.222. The Morgan fingerprint density at radius 2 is 1.61 bits per heavy atom. The van der Waals surface area contributed by atoms with Crippen molar-refractivity contribution in [3.8, 4) is 0 Å². The largest absolute Gasteiger partial charge is 0.304 e. The van der Waals surface area contributed by atoms with Crippen LogP contribution in [0.25, 0.3) is 0 Å². The van der Waals surface area contributed by atoms with Gasteiger partial charge in [-0.05, 0) is 31.2 Å². The molecule has 0 bridgehead atoms. The van der Waals surface area contributed by atoms with Crippen LogP contribution in [0.1, 0.15) is 12.5 Å². The molecule has 1 aromatic rings. The van der Waals surface area contributed by atoms with Crippen LogP contribution >= 0.6 is 0 Å². The zero-order valence-corrected chi connectivity index (χ0v) is 11.8. The smallest absolute Gasteiger partial charge is 0.243 e. The van der Waals surface area contributed by atoms with Crippen molar-refractivity contribution in [2.45, 2.75) is 18.2 Å². The summed E-state index contributed by atoms with van der Waals surface area (Å²) in [5.74, 6) is 0. The number of rotatable bonds is 3. The summed E-state index contributed by atoms with van der Waals surface area (Å²) in [4.78, 5) is 2.55. The molecular weight excluding hydrogens is 248 g/mol. The van der Waals surface area contributed by atoms with Crippen LogP contribution < -0.4 is 0 Å². The first kappa shape index (κ1) is 13.5. The fraction of sp³-hybridized carbons (Fsp3) is 0.538. The molecular formula is C13H20N2O2S. The molecule has 0 amide bonds. The first-order valence-electron chi connectivity index (χ1n) is 6.31. The minimum Gasteiger partial charge on any atom is -0.304 e. The van der Waals surface area contributed by atoms with Crippen LogP contribution in [0.15, 0.2) is 29.2 Å². The number of nitrogens with zero attached hydrogens (tertiary/aromatic N) is 2. The van der Waals surface area contributed by atoms with E-state index in [-0.39, 0.29) is 0 Å². The van der Waals surface area contributed by atoms with E-state index in [2.05, 4.69) is 11.8 Å². The lowest BCUT2D eigenvalue weighted by Gasteiger charge is -2.31. The van der Waals surface area contributed by atoms with Crippen LogP contribution in [0.5, 0.6) is 0 Å². The van der Waals surface area contributed by atoms with Crippen molar-refractivity contribution >= 4 is 10.0 Å². The molecule has 0 aromatic heterocycles. The Morgan fingerprint density at radius 3 is 2.11 bits per heavy atom. The van der Waals surface area contributed by atoms with E-state index in [1.165, 1.54) is 0 Å². The van der Waals surface area contributed by atoms with Crippen molar-refractivity contribution in [1.82, 2.24) is 9.21 Å². The third-order valence-electron chi connectivity index (χ3n) is 3.43. The highest BCUT2D eigenvalue weighted by Crippen LogP contribution is 2.18. The zero-order valence-electron chi connectivity index (χ0n) is 11.0. The molecule has 1 aromatic carbocycles. The predicted molar refractivity (Wildman–Crippen MR) is 72.1 cm³/mol. The average molecular weight is 268 g/mol. The average Bonchev–Trinajstić information content (AvgIpc) is 2.39. The molecule has 100 valence electrons. The molecule has 0 aliphatic carbocycles. The third kappa shape index (κ3) is 2.74. The highest BCUT2D eigenvalue weighted by Gasteiger charge is 2.27. The fourth-order valence-corrected chi connectivity index (χ4v) is 3.50. The summed E-state index contributed by atoms with van der Waals surface area (Å²) in [5, 5.41) is 0. The molecule has 1 saturated heterocycles. The van der Waals surface area contributed by atoms with Crippen molar-refractivity contribution < 1.29 is 8.42 Å². The van der Waals surface area contributed by atoms with Crippen LogP contribution in [0.3, 0.4) is 0 Å². The SMILES string of the molecule is CCc1ccc(S(=O)(=O)N2CCN(C)CC2)cc1. The first-order chi connectivity index (χ1) is 8.54. The van der Waals surface area contributed by atoms with Crippen LogP contribution in [0.2, 0.25) is 0 Å². The van der Waals surface area contributed by atoms with Gasteiger partial charge in [0, 0.05) is 26.2 Å². The molecule has 1 fully saturated rings. The van der Waals surface area contributed by atoms with Gasteiger partial charge < -0.3 is 4.90 Å². The highest BCUT2D eigenvalue weighted by molar-refractivity contribution is 7.89. The van der Waals surface area contributed by atoms with Crippen LogP contribution in [0.4, 0.5) is 0 Å². The molecule has 0 spiro atoms. The Kier molecular flexibility index (Phi) is 4.04. The molecule has 4 nitrogen and oxygen atoms in total. The second-order valence-electron chi connectivity index (χ2n) is 4.70. The minimum atomic E-state index is -3.30. The van der Waals surface area contributed by atoms with Crippen molar-refractivity contribution in [2.24, 2.45) is 0 Å². The molecule has 1 heterocycles. The number of aryl methyl sites for hydroxylation is 1. The van der Waals surface area contributed by atoms with Gasteiger partial charge in [0.1, 0.15) is 0 Å². The minimum absolute atomic E-state index is 0.407. The second kappa shape index (κ2) is 5.38. The monoisotopic (exact) mass is 268 g/mol. The third-order valence-corrected chi connectivity index (χ3v) is 5.34. The number of benzene rings is 1. The number of piperazine rings is 1. The molecule has 0 saturated carbocycles. The first-order valence-corrected chi connectivity index (χ1v) is 7.75. The Balaban J connectivity index is 2.19. The normalized spacial score (nSPS) is 19.0. The van der Waals surface area contributed by atoms with Gasteiger partial charge in [0.25, 0.3) is 0 Å². The van der Waals surface area contributed by atoms with Crippen molar-refractivity contribution in [3.05, 3.63) is 29.8 Å². The highest BCUT2D eigenvalue weighted by atomic mass is 32.2. The second-order valence-corrected chi connectivity index (χ2v) is 6.64. The molecule has 0 radical (unpaired) electrons. The molecule has 1 aliphatic rings. The molecule has 0 N–H and O–H groups in total. The van der Waals surface area contributed by atoms with Gasteiger partial charge in [-0.15, -0.1) is 0 Å². The quantitative estimate of drug-likeness (QED) is 0.826. The zero-order chi connectivity index (χ0) is 13.2. The topological polar surface area (TPSA) is 40.6 Å². The van der Waals surface area contributed by atoms with Gasteiger partial charge in [0.2, 0.25) is 10.0 Å². The number of sulfonamides is 1. The molecule has 1 aliphatic heterocycles. The number of hydrogen-bond donors (Lipinski definition) is 0. The van der Waals surface area contributed by atoms with Gasteiger partial charge in [-0.25, -0.2) is 8.42 Å². The van der Waals surface area contributed by atoms with Crippen LogP contribution in [-0.4, -0.2) is 50.8 Å². The lowest BCUT2D eigenvalue weighted by atomic mass is 10.2. The lowest BCUT2D eigenvalue weighted by Crippen LogP contribution is -2.46. The predicted octanol–water partition coefficient (Wildman–Crippen LogP) is 1.19. The van der Waals surface area contributed by atoms with E-state index in [9.17, 15) is 8.42 Å². The van der Waals surface area contributed by atoms with Gasteiger partial charge >= 0.3 is 0 Å². The van der Waals surface area contributed by atoms with Crippen molar-refractivity contribution in [2.75, 3.05) is 33.2 Å². The van der Waals surface area contributed by atoms with Gasteiger partial charge in [-0.3, -0.25) is 0 Å². The van der Waals surface area contributed by atoms with Gasteiger partial charge in [0.15, 0.2) is 0 Å².